The van der Waals surface area contributed by atoms with Crippen LogP contribution in [0, 0.1) is 0 Å². The van der Waals surface area contributed by atoms with Gasteiger partial charge in [0.1, 0.15) is 5.75 Å². The smallest absolute Gasteiger partial charge is 0.497 e. The SMILES string of the molecule is COc1ccc(NC(=O)B2OC(=O)CNCC(=O)O2)cc1. The third-order valence-corrected chi connectivity index (χ3v) is 2.59. The number of benzene rings is 1. The van der Waals surface area contributed by atoms with Crippen molar-refractivity contribution in [3.8, 4) is 5.75 Å². The van der Waals surface area contributed by atoms with E-state index in [-0.39, 0.29) is 13.1 Å². The minimum absolute atomic E-state index is 0.165. The van der Waals surface area contributed by atoms with Crippen molar-refractivity contribution in [2.45, 2.75) is 0 Å². The number of hydrogen-bond acceptors (Lipinski definition) is 7. The Morgan fingerprint density at radius 2 is 1.76 bits per heavy atom. The van der Waals surface area contributed by atoms with Crippen LogP contribution in [0.4, 0.5) is 10.5 Å². The number of hydrogen-bond donors (Lipinski definition) is 2. The molecule has 1 amide bonds. The zero-order chi connectivity index (χ0) is 15.2. The summed E-state index contributed by atoms with van der Waals surface area (Å²) in [7, 11) is -0.0797. The molecular formula is C12H13BN2O6. The minimum Gasteiger partial charge on any atom is -0.497 e. The standard InChI is InChI=1S/C12H13BN2O6/c1-19-9-4-2-8(3-5-9)15-12(18)13-20-10(16)6-14-7-11(17)21-13/h2-5,14H,6-7H2,1H3,(H,15,18). The molecule has 0 bridgehead atoms. The summed E-state index contributed by atoms with van der Waals surface area (Å²) in [6.07, 6.45) is 0. The largest absolute Gasteiger partial charge is 0.698 e. The predicted molar refractivity (Wildman–Crippen MR) is 72.8 cm³/mol. The number of methoxy groups -OCH3 is 1. The van der Waals surface area contributed by atoms with E-state index in [1.807, 2.05) is 0 Å². The molecule has 1 aliphatic rings. The van der Waals surface area contributed by atoms with Crippen LogP contribution in [0.25, 0.3) is 0 Å². The maximum Gasteiger partial charge on any atom is 0.698 e. The van der Waals surface area contributed by atoms with Crippen molar-refractivity contribution in [2.75, 3.05) is 25.5 Å². The second-order valence-corrected chi connectivity index (χ2v) is 4.13. The molecule has 9 heteroatoms. The fraction of sp³-hybridized carbons (Fsp3) is 0.250. The number of rotatable bonds is 3. The van der Waals surface area contributed by atoms with Crippen molar-refractivity contribution in [2.24, 2.45) is 0 Å². The van der Waals surface area contributed by atoms with Crippen molar-refractivity contribution < 1.29 is 28.4 Å². The highest BCUT2D eigenvalue weighted by molar-refractivity contribution is 6.84. The summed E-state index contributed by atoms with van der Waals surface area (Å²) in [6.45, 7) is -0.331. The summed E-state index contributed by atoms with van der Waals surface area (Å²) in [6, 6.07) is 6.50. The van der Waals surface area contributed by atoms with E-state index in [1.54, 1.807) is 24.3 Å². The number of ether oxygens (including phenoxy) is 1. The summed E-state index contributed by atoms with van der Waals surface area (Å²) >= 11 is 0. The molecule has 2 rings (SSSR count). The van der Waals surface area contributed by atoms with Crippen LogP contribution in [0.3, 0.4) is 0 Å². The van der Waals surface area contributed by atoms with Crippen LogP contribution in [-0.4, -0.2) is 45.1 Å². The van der Waals surface area contributed by atoms with E-state index in [0.29, 0.717) is 11.4 Å². The molecule has 21 heavy (non-hydrogen) atoms. The monoisotopic (exact) mass is 292 g/mol. The Balaban J connectivity index is 2.02. The highest BCUT2D eigenvalue weighted by atomic mass is 16.6. The van der Waals surface area contributed by atoms with E-state index >= 15 is 0 Å². The van der Waals surface area contributed by atoms with Gasteiger partial charge in [-0.05, 0) is 24.3 Å². The summed E-state index contributed by atoms with van der Waals surface area (Å²) < 4.78 is 14.5. The molecule has 1 saturated heterocycles. The van der Waals surface area contributed by atoms with Gasteiger partial charge in [-0.2, -0.15) is 0 Å². The van der Waals surface area contributed by atoms with E-state index < -0.39 is 24.9 Å². The Kier molecular flexibility index (Phi) is 4.78. The molecule has 0 saturated carbocycles. The van der Waals surface area contributed by atoms with Crippen LogP contribution in [0.2, 0.25) is 0 Å². The normalized spacial score (nSPS) is 15.4. The Morgan fingerprint density at radius 3 is 2.29 bits per heavy atom. The van der Waals surface area contributed by atoms with E-state index in [2.05, 4.69) is 10.6 Å². The summed E-state index contributed by atoms with van der Waals surface area (Å²) in [5, 5.41) is 5.00. The first kappa shape index (κ1) is 14.9. The van der Waals surface area contributed by atoms with Gasteiger partial charge in [0.15, 0.2) is 0 Å². The van der Waals surface area contributed by atoms with Crippen LogP contribution >= 0.6 is 0 Å². The number of amides is 1. The molecule has 8 nitrogen and oxygen atoms in total. The van der Waals surface area contributed by atoms with E-state index in [4.69, 9.17) is 14.0 Å². The molecule has 0 spiro atoms. The number of carbonyl (C=O) groups excluding carboxylic acids is 3. The molecule has 0 aromatic heterocycles. The van der Waals surface area contributed by atoms with Gasteiger partial charge in [-0.1, -0.05) is 0 Å². The molecule has 0 radical (unpaired) electrons. The van der Waals surface area contributed by atoms with Crippen molar-refractivity contribution in [1.82, 2.24) is 5.32 Å². The lowest BCUT2D eigenvalue weighted by Crippen LogP contribution is -2.47. The quantitative estimate of drug-likeness (QED) is 0.755. The fourth-order valence-electron chi connectivity index (χ4n) is 1.60. The lowest BCUT2D eigenvalue weighted by Gasteiger charge is -2.17. The molecule has 1 heterocycles. The molecule has 110 valence electrons. The van der Waals surface area contributed by atoms with Gasteiger partial charge < -0.3 is 19.4 Å². The average molecular weight is 292 g/mol. The van der Waals surface area contributed by atoms with E-state index in [9.17, 15) is 14.4 Å². The van der Waals surface area contributed by atoms with Crippen LogP contribution < -0.4 is 15.4 Å². The van der Waals surface area contributed by atoms with Crippen LogP contribution in [-0.2, 0) is 18.9 Å². The Hall–Kier alpha value is -2.55. The average Bonchev–Trinajstić information content (AvgIpc) is 2.45. The Morgan fingerprint density at radius 1 is 1.19 bits per heavy atom. The first-order valence-electron chi connectivity index (χ1n) is 6.13. The molecule has 1 fully saturated rings. The molecule has 0 aliphatic carbocycles. The number of nitrogens with one attached hydrogen (secondary N) is 2. The third kappa shape index (κ3) is 4.21. The van der Waals surface area contributed by atoms with Crippen molar-refractivity contribution in [3.05, 3.63) is 24.3 Å². The van der Waals surface area contributed by atoms with Gasteiger partial charge in [0.2, 0.25) is 0 Å². The Bertz CT molecular complexity index is 529. The van der Waals surface area contributed by atoms with Crippen molar-refractivity contribution >= 4 is 30.6 Å². The second kappa shape index (κ2) is 6.75. The molecular weight excluding hydrogens is 279 g/mol. The first-order valence-corrected chi connectivity index (χ1v) is 6.13. The summed E-state index contributed by atoms with van der Waals surface area (Å²) in [4.78, 5) is 34.6. The maximum atomic E-state index is 12.0. The maximum absolute atomic E-state index is 12.0. The lowest BCUT2D eigenvalue weighted by atomic mass is 9.88. The highest BCUT2D eigenvalue weighted by Gasteiger charge is 2.38. The fourth-order valence-corrected chi connectivity index (χ4v) is 1.60. The lowest BCUT2D eigenvalue weighted by molar-refractivity contribution is -0.141. The van der Waals surface area contributed by atoms with E-state index in [1.165, 1.54) is 7.11 Å². The van der Waals surface area contributed by atoms with Gasteiger partial charge in [-0.3, -0.25) is 19.7 Å². The summed E-state index contributed by atoms with van der Waals surface area (Å²) in [5.74, 6) is -1.48. The van der Waals surface area contributed by atoms with Crippen molar-refractivity contribution in [1.29, 1.82) is 0 Å². The number of anilines is 1. The molecule has 1 aromatic rings. The molecule has 1 aromatic carbocycles. The topological polar surface area (TPSA) is 103 Å². The van der Waals surface area contributed by atoms with E-state index in [0.717, 1.165) is 0 Å². The minimum atomic E-state index is -1.60. The summed E-state index contributed by atoms with van der Waals surface area (Å²) in [5.41, 5.74) is 0.452. The highest BCUT2D eigenvalue weighted by Crippen LogP contribution is 2.15. The van der Waals surface area contributed by atoms with Gasteiger partial charge in [-0.15, -0.1) is 0 Å². The van der Waals surface area contributed by atoms with Crippen LogP contribution in [0.5, 0.6) is 5.75 Å². The van der Waals surface area contributed by atoms with Gasteiger partial charge in [0.25, 0.3) is 5.81 Å². The second-order valence-electron chi connectivity index (χ2n) is 4.13. The molecule has 0 atom stereocenters. The third-order valence-electron chi connectivity index (χ3n) is 2.59. The Labute approximate surface area is 120 Å². The zero-order valence-corrected chi connectivity index (χ0v) is 11.3. The molecule has 1 aliphatic heterocycles. The zero-order valence-electron chi connectivity index (χ0n) is 11.3. The van der Waals surface area contributed by atoms with Gasteiger partial charge in [-0.25, -0.2) is 0 Å². The van der Waals surface area contributed by atoms with Gasteiger partial charge in [0.05, 0.1) is 20.2 Å². The molecule has 0 unspecified atom stereocenters. The van der Waals surface area contributed by atoms with Crippen LogP contribution in [0.15, 0.2) is 24.3 Å². The van der Waals surface area contributed by atoms with Crippen LogP contribution in [0.1, 0.15) is 0 Å². The predicted octanol–water partition coefficient (Wildman–Crippen LogP) is -0.0134. The van der Waals surface area contributed by atoms with Crippen molar-refractivity contribution in [3.63, 3.8) is 0 Å². The number of carbonyl (C=O) groups is 3. The van der Waals surface area contributed by atoms with Gasteiger partial charge in [0, 0.05) is 5.69 Å². The first-order chi connectivity index (χ1) is 10.1. The molecule has 2 N–H and O–H groups in total. The van der Waals surface area contributed by atoms with Gasteiger partial charge >= 0.3 is 19.1 Å².